The third-order valence-electron chi connectivity index (χ3n) is 4.90. The van der Waals surface area contributed by atoms with E-state index in [1.807, 2.05) is 60.7 Å². The van der Waals surface area contributed by atoms with Crippen LogP contribution in [0.25, 0.3) is 10.8 Å². The number of nitrogens with two attached hydrogens (primary N) is 1. The number of amides is 2. The molecule has 6 heteroatoms. The Bertz CT molecular complexity index is 1200. The summed E-state index contributed by atoms with van der Waals surface area (Å²) in [5.41, 5.74) is 6.91. The minimum atomic E-state index is -0.614. The van der Waals surface area contributed by atoms with Gasteiger partial charge in [0.2, 0.25) is 0 Å². The molecule has 156 valence electrons. The molecule has 0 spiro atoms. The Labute approximate surface area is 180 Å². The number of carbonyl (C=O) groups excluding carboxylic acids is 1. The van der Waals surface area contributed by atoms with Gasteiger partial charge in [0.25, 0.3) is 0 Å². The highest BCUT2D eigenvalue weighted by Crippen LogP contribution is 2.38. The van der Waals surface area contributed by atoms with Crippen LogP contribution in [0, 0.1) is 0 Å². The summed E-state index contributed by atoms with van der Waals surface area (Å²) in [6, 6.07) is 25.4. The Morgan fingerprint density at radius 3 is 1.84 bits per heavy atom. The lowest BCUT2D eigenvalue weighted by atomic mass is 10.1. The molecule has 0 aromatic heterocycles. The molecule has 0 saturated heterocycles. The third kappa shape index (κ3) is 4.23. The topological polar surface area (TPSA) is 74.0 Å². The molecule has 2 amide bonds. The molecule has 4 rings (SSSR count). The number of carbonyl (C=O) groups is 1. The van der Waals surface area contributed by atoms with Crippen LogP contribution in [0.3, 0.4) is 0 Å². The summed E-state index contributed by atoms with van der Waals surface area (Å²) in [7, 11) is 3.18. The summed E-state index contributed by atoms with van der Waals surface area (Å²) in [4.78, 5) is 13.8. The molecule has 0 bridgehead atoms. The summed E-state index contributed by atoms with van der Waals surface area (Å²) in [6.07, 6.45) is 0. The van der Waals surface area contributed by atoms with Crippen LogP contribution < -0.4 is 24.8 Å². The number of anilines is 2. The second-order valence-corrected chi connectivity index (χ2v) is 6.82. The van der Waals surface area contributed by atoms with Crippen LogP contribution in [0.1, 0.15) is 0 Å². The van der Waals surface area contributed by atoms with E-state index in [2.05, 4.69) is 0 Å². The molecular formula is C25H22N2O4. The van der Waals surface area contributed by atoms with E-state index in [1.54, 1.807) is 38.5 Å². The Hall–Kier alpha value is -4.19. The van der Waals surface area contributed by atoms with Crippen LogP contribution in [0.4, 0.5) is 16.2 Å². The van der Waals surface area contributed by atoms with E-state index in [0.717, 1.165) is 16.5 Å². The first-order valence-electron chi connectivity index (χ1n) is 9.67. The number of rotatable bonds is 6. The number of nitrogens with zero attached hydrogens (tertiary/aromatic N) is 1. The summed E-state index contributed by atoms with van der Waals surface area (Å²) in [5, 5.41) is 1.99. The quantitative estimate of drug-likeness (QED) is 0.428. The minimum absolute atomic E-state index is 0.552. The number of primary amides is 1. The number of ether oxygens (including phenoxy) is 3. The van der Waals surface area contributed by atoms with Crippen molar-refractivity contribution in [2.24, 2.45) is 5.73 Å². The molecule has 0 unspecified atom stereocenters. The summed E-state index contributed by atoms with van der Waals surface area (Å²) < 4.78 is 16.6. The van der Waals surface area contributed by atoms with Gasteiger partial charge in [-0.15, -0.1) is 0 Å². The van der Waals surface area contributed by atoms with E-state index in [0.29, 0.717) is 28.6 Å². The van der Waals surface area contributed by atoms with E-state index in [4.69, 9.17) is 19.9 Å². The highest BCUT2D eigenvalue weighted by Gasteiger charge is 2.20. The lowest BCUT2D eigenvalue weighted by molar-refractivity contribution is 0.256. The molecule has 4 aromatic rings. The fourth-order valence-electron chi connectivity index (χ4n) is 3.37. The molecule has 6 nitrogen and oxygen atoms in total. The first kappa shape index (κ1) is 20.1. The second kappa shape index (κ2) is 8.67. The van der Waals surface area contributed by atoms with Crippen LogP contribution in [-0.4, -0.2) is 20.3 Å². The van der Waals surface area contributed by atoms with Gasteiger partial charge in [0.05, 0.1) is 25.6 Å². The summed E-state index contributed by atoms with van der Waals surface area (Å²) in [6.45, 7) is 0. The summed E-state index contributed by atoms with van der Waals surface area (Å²) in [5.74, 6) is 2.61. The molecule has 0 aliphatic rings. The maximum absolute atomic E-state index is 12.4. The van der Waals surface area contributed by atoms with Crippen LogP contribution in [0.15, 0.2) is 84.9 Å². The molecule has 0 radical (unpaired) electrons. The van der Waals surface area contributed by atoms with Crippen molar-refractivity contribution in [2.75, 3.05) is 19.1 Å². The predicted octanol–water partition coefficient (Wildman–Crippen LogP) is 5.87. The van der Waals surface area contributed by atoms with Crippen LogP contribution in [-0.2, 0) is 0 Å². The van der Waals surface area contributed by atoms with E-state index >= 15 is 0 Å². The third-order valence-corrected chi connectivity index (χ3v) is 4.90. The van der Waals surface area contributed by atoms with Crippen molar-refractivity contribution in [3.63, 3.8) is 0 Å². The Kier molecular flexibility index (Phi) is 5.62. The Morgan fingerprint density at radius 1 is 0.742 bits per heavy atom. The van der Waals surface area contributed by atoms with E-state index in [-0.39, 0.29) is 0 Å². The van der Waals surface area contributed by atoms with Crippen molar-refractivity contribution in [3.05, 3.63) is 84.9 Å². The average Bonchev–Trinajstić information content (AvgIpc) is 2.80. The van der Waals surface area contributed by atoms with E-state index < -0.39 is 6.03 Å². The number of hydrogen-bond donors (Lipinski definition) is 1. The van der Waals surface area contributed by atoms with Gasteiger partial charge in [-0.3, -0.25) is 4.90 Å². The maximum atomic E-state index is 12.4. The zero-order chi connectivity index (χ0) is 21.8. The van der Waals surface area contributed by atoms with Crippen molar-refractivity contribution >= 4 is 28.2 Å². The van der Waals surface area contributed by atoms with Crippen molar-refractivity contribution in [1.29, 1.82) is 0 Å². The standard InChI is InChI=1S/C25H22N2O4/c1-29-20-11-13-22(14-12-20)31-21-9-7-19(8-10-21)27(25(26)28)23-15-17-5-3-4-6-18(17)16-24(23)30-2/h3-16H,1-2H3,(H2,26,28). The predicted molar refractivity (Wildman–Crippen MR) is 122 cm³/mol. The lowest BCUT2D eigenvalue weighted by Crippen LogP contribution is -2.31. The SMILES string of the molecule is COc1ccc(Oc2ccc(N(C(N)=O)c3cc4ccccc4cc3OC)cc2)cc1. The van der Waals surface area contributed by atoms with Gasteiger partial charge in [-0.25, -0.2) is 4.79 Å². The smallest absolute Gasteiger partial charge is 0.324 e. The van der Waals surface area contributed by atoms with Gasteiger partial charge in [-0.2, -0.15) is 0 Å². The van der Waals surface area contributed by atoms with Crippen molar-refractivity contribution < 1.29 is 19.0 Å². The van der Waals surface area contributed by atoms with Gasteiger partial charge >= 0.3 is 6.03 Å². The molecule has 0 aliphatic heterocycles. The van der Waals surface area contributed by atoms with E-state index in [1.165, 1.54) is 4.90 Å². The average molecular weight is 414 g/mol. The molecular weight excluding hydrogens is 392 g/mol. The van der Waals surface area contributed by atoms with Crippen LogP contribution in [0.2, 0.25) is 0 Å². The molecule has 0 aliphatic carbocycles. The highest BCUT2D eigenvalue weighted by molar-refractivity contribution is 6.02. The van der Waals surface area contributed by atoms with Gasteiger partial charge in [0.15, 0.2) is 0 Å². The van der Waals surface area contributed by atoms with Crippen molar-refractivity contribution in [3.8, 4) is 23.0 Å². The normalized spacial score (nSPS) is 10.5. The lowest BCUT2D eigenvalue weighted by Gasteiger charge is -2.23. The number of benzene rings is 4. The van der Waals surface area contributed by atoms with Crippen LogP contribution >= 0.6 is 0 Å². The molecule has 0 saturated carbocycles. The molecule has 2 N–H and O–H groups in total. The summed E-state index contributed by atoms with van der Waals surface area (Å²) >= 11 is 0. The number of hydrogen-bond acceptors (Lipinski definition) is 4. The zero-order valence-electron chi connectivity index (χ0n) is 17.2. The second-order valence-electron chi connectivity index (χ2n) is 6.82. The molecule has 31 heavy (non-hydrogen) atoms. The fraction of sp³-hybridized carbons (Fsp3) is 0.0800. The van der Waals surface area contributed by atoms with Gasteiger partial charge < -0.3 is 19.9 Å². The van der Waals surface area contributed by atoms with Crippen molar-refractivity contribution in [2.45, 2.75) is 0 Å². The Morgan fingerprint density at radius 2 is 1.29 bits per heavy atom. The highest BCUT2D eigenvalue weighted by atomic mass is 16.5. The van der Waals surface area contributed by atoms with Crippen LogP contribution in [0.5, 0.6) is 23.0 Å². The number of fused-ring (bicyclic) bond motifs is 1. The largest absolute Gasteiger partial charge is 0.497 e. The van der Waals surface area contributed by atoms with Gasteiger partial charge in [-0.05, 0) is 71.4 Å². The number of methoxy groups -OCH3 is 2. The van der Waals surface area contributed by atoms with Gasteiger partial charge in [-0.1, -0.05) is 24.3 Å². The van der Waals surface area contributed by atoms with E-state index in [9.17, 15) is 4.79 Å². The van der Waals surface area contributed by atoms with Gasteiger partial charge in [0.1, 0.15) is 23.0 Å². The van der Waals surface area contributed by atoms with Gasteiger partial charge in [0, 0.05) is 0 Å². The van der Waals surface area contributed by atoms with Crippen molar-refractivity contribution in [1.82, 2.24) is 0 Å². The first-order chi connectivity index (χ1) is 15.1. The molecule has 0 heterocycles. The Balaban J connectivity index is 1.66. The molecule has 0 fully saturated rings. The first-order valence-corrected chi connectivity index (χ1v) is 9.67. The minimum Gasteiger partial charge on any atom is -0.497 e. The molecule has 0 atom stereocenters. The molecule has 4 aromatic carbocycles. The monoisotopic (exact) mass is 414 g/mol. The zero-order valence-corrected chi connectivity index (χ0v) is 17.2. The number of urea groups is 1. The maximum Gasteiger partial charge on any atom is 0.324 e. The fourth-order valence-corrected chi connectivity index (χ4v) is 3.37.